The Kier molecular flexibility index (Phi) is 4.68. The van der Waals surface area contributed by atoms with Crippen molar-refractivity contribution < 1.29 is 9.77 Å². The lowest BCUT2D eigenvalue weighted by Gasteiger charge is -2.27. The maximum atomic E-state index is 10.3. The zero-order chi connectivity index (χ0) is 12.9. The van der Waals surface area contributed by atoms with Gasteiger partial charge in [0.05, 0.1) is 6.61 Å². The van der Waals surface area contributed by atoms with Crippen molar-refractivity contribution >= 4 is 5.96 Å². The molecule has 0 aromatic rings. The fourth-order valence-electron chi connectivity index (χ4n) is 1.71. The van der Waals surface area contributed by atoms with Crippen LogP contribution < -0.4 is 10.6 Å². The van der Waals surface area contributed by atoms with Crippen LogP contribution in [0.1, 0.15) is 20.8 Å². The fraction of sp³-hybridized carbons (Fsp3) is 0.900. The predicted molar refractivity (Wildman–Crippen MR) is 64.2 cm³/mol. The maximum absolute atomic E-state index is 10.3. The van der Waals surface area contributed by atoms with Crippen LogP contribution in [0.4, 0.5) is 0 Å². The van der Waals surface area contributed by atoms with Crippen LogP contribution >= 0.6 is 0 Å². The standard InChI is InChI=1S/C10H20N4O3/c1-4-11-9(13-14(15)16)12-6-10(3)7-17-5-8(10)2/h8H,4-7H2,1-3H3,(H2,11,12,13). The molecule has 1 aliphatic heterocycles. The van der Waals surface area contributed by atoms with E-state index in [4.69, 9.17) is 4.74 Å². The Balaban J connectivity index is 2.54. The number of guanidine groups is 1. The summed E-state index contributed by atoms with van der Waals surface area (Å²) in [6.45, 7) is 8.68. The predicted octanol–water partition coefficient (Wildman–Crippen LogP) is 0.406. The lowest BCUT2D eigenvalue weighted by molar-refractivity contribution is -0.485. The number of rotatable bonds is 4. The first-order valence-corrected chi connectivity index (χ1v) is 5.76. The van der Waals surface area contributed by atoms with Gasteiger partial charge in [-0.05, 0) is 12.8 Å². The summed E-state index contributed by atoms with van der Waals surface area (Å²) in [4.78, 5) is 10.3. The van der Waals surface area contributed by atoms with E-state index in [-0.39, 0.29) is 11.4 Å². The summed E-state index contributed by atoms with van der Waals surface area (Å²) < 4.78 is 5.41. The first-order chi connectivity index (χ1) is 7.98. The fourth-order valence-corrected chi connectivity index (χ4v) is 1.71. The third-order valence-electron chi connectivity index (χ3n) is 3.17. The highest BCUT2D eigenvalue weighted by molar-refractivity contribution is 5.79. The van der Waals surface area contributed by atoms with Crippen molar-refractivity contribution in [3.05, 3.63) is 10.1 Å². The number of hydrogen-bond donors (Lipinski definition) is 2. The zero-order valence-electron chi connectivity index (χ0n) is 10.5. The molecule has 2 N–H and O–H groups in total. The van der Waals surface area contributed by atoms with E-state index in [1.165, 1.54) is 0 Å². The van der Waals surface area contributed by atoms with Gasteiger partial charge in [-0.25, -0.2) is 10.1 Å². The van der Waals surface area contributed by atoms with Crippen molar-refractivity contribution in [2.45, 2.75) is 20.8 Å². The Morgan fingerprint density at radius 2 is 2.35 bits per heavy atom. The Hall–Kier alpha value is -1.37. The van der Waals surface area contributed by atoms with Gasteiger partial charge in [-0.15, -0.1) is 0 Å². The summed E-state index contributed by atoms with van der Waals surface area (Å²) in [5.41, 5.74) is -0.00715. The number of hydrazone groups is 1. The van der Waals surface area contributed by atoms with Gasteiger partial charge in [0, 0.05) is 25.1 Å². The molecule has 0 amide bonds. The van der Waals surface area contributed by atoms with Crippen molar-refractivity contribution in [2.75, 3.05) is 26.3 Å². The summed E-state index contributed by atoms with van der Waals surface area (Å²) in [6, 6.07) is 0. The molecular weight excluding hydrogens is 224 g/mol. The van der Waals surface area contributed by atoms with E-state index in [1.54, 1.807) is 0 Å². The van der Waals surface area contributed by atoms with E-state index < -0.39 is 5.03 Å². The van der Waals surface area contributed by atoms with Gasteiger partial charge < -0.3 is 15.4 Å². The van der Waals surface area contributed by atoms with E-state index in [2.05, 4.69) is 29.6 Å². The van der Waals surface area contributed by atoms with Crippen LogP contribution in [0.3, 0.4) is 0 Å². The molecule has 1 saturated heterocycles. The molecule has 98 valence electrons. The second-order valence-corrected chi connectivity index (χ2v) is 4.64. The number of nitrogens with zero attached hydrogens (tertiary/aromatic N) is 2. The number of nitrogens with one attached hydrogen (secondary N) is 2. The first kappa shape index (κ1) is 13.7. The Morgan fingerprint density at radius 3 is 2.82 bits per heavy atom. The average Bonchev–Trinajstić information content (AvgIpc) is 2.56. The Bertz CT molecular complexity index is 308. The van der Waals surface area contributed by atoms with Crippen LogP contribution in [0, 0.1) is 21.4 Å². The highest BCUT2D eigenvalue weighted by atomic mass is 16.7. The van der Waals surface area contributed by atoms with Gasteiger partial charge in [0.2, 0.25) is 0 Å². The average molecular weight is 244 g/mol. The molecule has 7 nitrogen and oxygen atoms in total. The van der Waals surface area contributed by atoms with Crippen molar-refractivity contribution in [3.8, 4) is 0 Å². The quantitative estimate of drug-likeness (QED) is 0.323. The molecule has 0 aromatic heterocycles. The second kappa shape index (κ2) is 5.81. The molecule has 0 bridgehead atoms. The molecule has 0 aliphatic carbocycles. The van der Waals surface area contributed by atoms with Crippen molar-refractivity contribution in [1.29, 1.82) is 0 Å². The summed E-state index contributed by atoms with van der Waals surface area (Å²) in [5.74, 6) is 0.631. The minimum atomic E-state index is -0.706. The number of ether oxygens (including phenoxy) is 1. The number of hydrogen-bond acceptors (Lipinski definition) is 3. The van der Waals surface area contributed by atoms with Crippen LogP contribution in [0.25, 0.3) is 0 Å². The van der Waals surface area contributed by atoms with Crippen molar-refractivity contribution in [3.63, 3.8) is 0 Å². The molecular formula is C10H20N4O3. The SMILES string of the molecule is CCN/C(=N\[N+](=O)[O-])NCC1(C)COCC1C. The van der Waals surface area contributed by atoms with E-state index in [0.717, 1.165) is 6.61 Å². The first-order valence-electron chi connectivity index (χ1n) is 5.76. The summed E-state index contributed by atoms with van der Waals surface area (Å²) >= 11 is 0. The van der Waals surface area contributed by atoms with Crippen LogP contribution in [-0.4, -0.2) is 37.3 Å². The second-order valence-electron chi connectivity index (χ2n) is 4.64. The topological polar surface area (TPSA) is 88.8 Å². The molecule has 1 heterocycles. The lowest BCUT2D eigenvalue weighted by Crippen LogP contribution is -2.45. The van der Waals surface area contributed by atoms with Gasteiger partial charge in [0.15, 0.2) is 5.03 Å². The molecule has 7 heteroatoms. The van der Waals surface area contributed by atoms with Gasteiger partial charge >= 0.3 is 0 Å². The van der Waals surface area contributed by atoms with Gasteiger partial charge in [-0.1, -0.05) is 13.8 Å². The highest BCUT2D eigenvalue weighted by Gasteiger charge is 2.37. The largest absolute Gasteiger partial charge is 0.381 e. The summed E-state index contributed by atoms with van der Waals surface area (Å²) in [5, 5.41) is 18.7. The monoisotopic (exact) mass is 244 g/mol. The third kappa shape index (κ3) is 3.85. The van der Waals surface area contributed by atoms with Crippen molar-refractivity contribution in [2.24, 2.45) is 16.4 Å². The van der Waals surface area contributed by atoms with E-state index in [1.807, 2.05) is 6.92 Å². The van der Waals surface area contributed by atoms with Crippen LogP contribution in [0.5, 0.6) is 0 Å². The summed E-state index contributed by atoms with van der Waals surface area (Å²) in [7, 11) is 0. The molecule has 1 fully saturated rings. The van der Waals surface area contributed by atoms with Crippen LogP contribution in [0.2, 0.25) is 0 Å². The van der Waals surface area contributed by atoms with Gasteiger partial charge in [-0.2, -0.15) is 0 Å². The lowest BCUT2D eigenvalue weighted by atomic mass is 9.81. The molecule has 17 heavy (non-hydrogen) atoms. The molecule has 2 unspecified atom stereocenters. The minimum Gasteiger partial charge on any atom is -0.381 e. The molecule has 1 aliphatic rings. The molecule has 2 atom stereocenters. The highest BCUT2D eigenvalue weighted by Crippen LogP contribution is 2.32. The van der Waals surface area contributed by atoms with Gasteiger partial charge in [0.25, 0.3) is 5.96 Å². The molecule has 0 saturated carbocycles. The Labute approximate surface area is 101 Å². The van der Waals surface area contributed by atoms with Crippen LogP contribution in [-0.2, 0) is 4.74 Å². The molecule has 1 rings (SSSR count). The summed E-state index contributed by atoms with van der Waals surface area (Å²) in [6.07, 6.45) is 0. The van der Waals surface area contributed by atoms with E-state index in [9.17, 15) is 10.1 Å². The molecule has 0 radical (unpaired) electrons. The van der Waals surface area contributed by atoms with E-state index >= 15 is 0 Å². The van der Waals surface area contributed by atoms with Crippen LogP contribution in [0.15, 0.2) is 5.10 Å². The van der Waals surface area contributed by atoms with Crippen molar-refractivity contribution in [1.82, 2.24) is 10.6 Å². The molecule has 0 aromatic carbocycles. The molecule has 0 spiro atoms. The smallest absolute Gasteiger partial charge is 0.268 e. The normalized spacial score (nSPS) is 29.1. The van der Waals surface area contributed by atoms with E-state index in [0.29, 0.717) is 25.6 Å². The van der Waals surface area contributed by atoms with Gasteiger partial charge in [0.1, 0.15) is 5.10 Å². The van der Waals surface area contributed by atoms with Gasteiger partial charge in [-0.3, -0.25) is 0 Å². The third-order valence-corrected chi connectivity index (χ3v) is 3.17. The zero-order valence-corrected chi connectivity index (χ0v) is 10.5. The minimum absolute atomic E-state index is 0.00715. The number of nitro groups is 1. The Morgan fingerprint density at radius 1 is 1.65 bits per heavy atom. The maximum Gasteiger partial charge on any atom is 0.268 e.